The third-order valence-electron chi connectivity index (χ3n) is 4.34. The van der Waals surface area contributed by atoms with E-state index in [1.54, 1.807) is 22.5 Å². The zero-order chi connectivity index (χ0) is 17.8. The fourth-order valence-corrected chi connectivity index (χ4v) is 3.25. The molecule has 1 atom stereocenters. The second-order valence-corrected chi connectivity index (χ2v) is 6.91. The fraction of sp³-hybridized carbons (Fsp3) is 0.250. The van der Waals surface area contributed by atoms with Crippen LogP contribution in [0.5, 0.6) is 0 Å². The summed E-state index contributed by atoms with van der Waals surface area (Å²) >= 11 is 1.74. The van der Waals surface area contributed by atoms with Crippen LogP contribution in [0.25, 0.3) is 5.69 Å². The minimum Gasteiger partial charge on any atom is -0.306 e. The maximum Gasteiger partial charge on any atom is 0.125 e. The zero-order valence-electron chi connectivity index (χ0n) is 14.7. The van der Waals surface area contributed by atoms with Crippen LogP contribution >= 0.6 is 11.8 Å². The summed E-state index contributed by atoms with van der Waals surface area (Å²) < 4.78 is 15.2. The molecule has 3 nitrogen and oxygen atoms in total. The predicted molar refractivity (Wildman–Crippen MR) is 102 cm³/mol. The van der Waals surface area contributed by atoms with Gasteiger partial charge in [0.1, 0.15) is 5.82 Å². The van der Waals surface area contributed by atoms with Crippen LogP contribution in [0.2, 0.25) is 0 Å². The molecule has 0 saturated carbocycles. The number of nitrogens with zero attached hydrogens (tertiary/aromatic N) is 2. The molecule has 3 aromatic rings. The lowest BCUT2D eigenvalue weighted by Gasteiger charge is -2.14. The van der Waals surface area contributed by atoms with Crippen molar-refractivity contribution in [2.24, 2.45) is 0 Å². The molecule has 0 aliphatic heterocycles. The molecule has 0 aliphatic carbocycles. The van der Waals surface area contributed by atoms with Crippen LogP contribution in [-0.2, 0) is 6.54 Å². The Hall–Kier alpha value is -2.11. The topological polar surface area (TPSA) is 29.9 Å². The zero-order valence-corrected chi connectivity index (χ0v) is 15.5. The van der Waals surface area contributed by atoms with Crippen LogP contribution < -0.4 is 5.32 Å². The number of benzene rings is 2. The van der Waals surface area contributed by atoms with Crippen LogP contribution in [0.1, 0.15) is 29.8 Å². The Balaban J connectivity index is 1.71. The Morgan fingerprint density at radius 1 is 1.20 bits per heavy atom. The van der Waals surface area contributed by atoms with E-state index in [0.29, 0.717) is 0 Å². The molecule has 0 aliphatic rings. The number of rotatable bonds is 6. The summed E-state index contributed by atoms with van der Waals surface area (Å²) in [7, 11) is 0. The lowest BCUT2D eigenvalue weighted by atomic mass is 10.1. The molecular weight excluding hydrogens is 333 g/mol. The van der Waals surface area contributed by atoms with Gasteiger partial charge in [-0.2, -0.15) is 5.10 Å². The summed E-state index contributed by atoms with van der Waals surface area (Å²) in [6, 6.07) is 15.2. The van der Waals surface area contributed by atoms with Crippen molar-refractivity contribution in [3.8, 4) is 5.69 Å². The molecule has 0 spiro atoms. The number of aromatic nitrogens is 2. The Kier molecular flexibility index (Phi) is 5.56. The summed E-state index contributed by atoms with van der Waals surface area (Å²) in [5, 5.41) is 7.97. The summed E-state index contributed by atoms with van der Waals surface area (Å²) in [5.41, 5.74) is 4.12. The molecular formula is C20H22FN3S. The molecule has 5 heteroatoms. The van der Waals surface area contributed by atoms with E-state index in [9.17, 15) is 4.39 Å². The van der Waals surface area contributed by atoms with Gasteiger partial charge in [-0.3, -0.25) is 0 Å². The minimum atomic E-state index is -0.256. The van der Waals surface area contributed by atoms with Crippen molar-refractivity contribution in [1.29, 1.82) is 0 Å². The monoisotopic (exact) mass is 355 g/mol. The smallest absolute Gasteiger partial charge is 0.125 e. The highest BCUT2D eigenvalue weighted by molar-refractivity contribution is 7.98. The number of hydrogen-bond acceptors (Lipinski definition) is 3. The van der Waals surface area contributed by atoms with Gasteiger partial charge in [0.15, 0.2) is 0 Å². The van der Waals surface area contributed by atoms with Crippen molar-refractivity contribution < 1.29 is 4.39 Å². The molecule has 25 heavy (non-hydrogen) atoms. The van der Waals surface area contributed by atoms with Crippen molar-refractivity contribution in [3.63, 3.8) is 0 Å². The van der Waals surface area contributed by atoms with Gasteiger partial charge in [-0.1, -0.05) is 18.2 Å². The largest absolute Gasteiger partial charge is 0.306 e. The number of hydrogen-bond donors (Lipinski definition) is 1. The molecule has 1 unspecified atom stereocenters. The van der Waals surface area contributed by atoms with Gasteiger partial charge in [0.25, 0.3) is 0 Å². The molecule has 0 radical (unpaired) electrons. The maximum absolute atomic E-state index is 13.5. The summed E-state index contributed by atoms with van der Waals surface area (Å²) in [4.78, 5) is 1.27. The van der Waals surface area contributed by atoms with Gasteiger partial charge in [-0.25, -0.2) is 9.07 Å². The summed E-state index contributed by atoms with van der Waals surface area (Å²) in [6.07, 6.45) is 3.93. The Morgan fingerprint density at radius 3 is 2.64 bits per heavy atom. The number of thioether (sulfide) groups is 1. The van der Waals surface area contributed by atoms with E-state index in [0.717, 1.165) is 23.5 Å². The van der Waals surface area contributed by atoms with E-state index in [1.807, 2.05) is 19.2 Å². The van der Waals surface area contributed by atoms with Crippen LogP contribution in [-0.4, -0.2) is 16.0 Å². The third-order valence-corrected chi connectivity index (χ3v) is 5.08. The summed E-state index contributed by atoms with van der Waals surface area (Å²) in [5.74, 6) is -0.256. The fourth-order valence-electron chi connectivity index (χ4n) is 2.84. The first-order valence-electron chi connectivity index (χ1n) is 8.25. The molecule has 130 valence electrons. The minimum absolute atomic E-state index is 0.155. The second-order valence-electron chi connectivity index (χ2n) is 6.03. The van der Waals surface area contributed by atoms with E-state index in [1.165, 1.54) is 22.6 Å². The molecule has 2 aromatic carbocycles. The van der Waals surface area contributed by atoms with Gasteiger partial charge < -0.3 is 5.32 Å². The first kappa shape index (κ1) is 17.7. The Bertz CT molecular complexity index is 842. The molecule has 0 fully saturated rings. The molecule has 0 amide bonds. The van der Waals surface area contributed by atoms with Crippen LogP contribution in [0.3, 0.4) is 0 Å². The van der Waals surface area contributed by atoms with Crippen molar-refractivity contribution in [2.75, 3.05) is 6.26 Å². The summed E-state index contributed by atoms with van der Waals surface area (Å²) in [6.45, 7) is 4.93. The molecule has 0 saturated heterocycles. The van der Waals surface area contributed by atoms with Crippen LogP contribution in [0.15, 0.2) is 59.6 Å². The normalized spacial score (nSPS) is 12.3. The second kappa shape index (κ2) is 7.85. The highest BCUT2D eigenvalue weighted by atomic mass is 32.2. The van der Waals surface area contributed by atoms with Crippen LogP contribution in [0.4, 0.5) is 4.39 Å². The van der Waals surface area contributed by atoms with E-state index >= 15 is 0 Å². The van der Waals surface area contributed by atoms with E-state index in [-0.39, 0.29) is 11.9 Å². The highest BCUT2D eigenvalue weighted by Gasteiger charge is 2.14. The lowest BCUT2D eigenvalue weighted by Crippen LogP contribution is -2.18. The molecule has 1 N–H and O–H groups in total. The molecule has 1 aromatic heterocycles. The third kappa shape index (κ3) is 4.11. The van der Waals surface area contributed by atoms with Crippen molar-refractivity contribution >= 4 is 11.8 Å². The first-order valence-corrected chi connectivity index (χ1v) is 9.47. The van der Waals surface area contributed by atoms with Crippen molar-refractivity contribution in [3.05, 3.63) is 77.4 Å². The molecule has 1 heterocycles. The first-order chi connectivity index (χ1) is 12.1. The van der Waals surface area contributed by atoms with E-state index in [2.05, 4.69) is 47.9 Å². The predicted octanol–water partition coefficient (Wildman–Crippen LogP) is 4.89. The van der Waals surface area contributed by atoms with Gasteiger partial charge >= 0.3 is 0 Å². The number of halogens is 1. The average molecular weight is 355 g/mol. The molecule has 3 rings (SSSR count). The van der Waals surface area contributed by atoms with Crippen molar-refractivity contribution in [1.82, 2.24) is 15.1 Å². The van der Waals surface area contributed by atoms with Gasteiger partial charge in [0, 0.05) is 28.7 Å². The SMILES string of the molecule is CSc1ccc(CNC(C)c2cnn(-c3cccc(F)c3)c2C)cc1. The standard InChI is InChI=1S/C20H22FN3S/c1-14(22-12-16-7-9-19(25-3)10-8-16)20-13-23-24(15(20)2)18-6-4-5-17(21)11-18/h4-11,13-14,22H,12H2,1-3H3. The van der Waals surface area contributed by atoms with Gasteiger partial charge in [0.2, 0.25) is 0 Å². The van der Waals surface area contributed by atoms with E-state index in [4.69, 9.17) is 0 Å². The number of nitrogens with one attached hydrogen (secondary N) is 1. The molecule has 0 bridgehead atoms. The van der Waals surface area contributed by atoms with Crippen molar-refractivity contribution in [2.45, 2.75) is 31.3 Å². The maximum atomic E-state index is 13.5. The lowest BCUT2D eigenvalue weighted by molar-refractivity contribution is 0.571. The Morgan fingerprint density at radius 2 is 1.96 bits per heavy atom. The van der Waals surface area contributed by atoms with Gasteiger partial charge in [-0.15, -0.1) is 11.8 Å². The highest BCUT2D eigenvalue weighted by Crippen LogP contribution is 2.21. The van der Waals surface area contributed by atoms with Gasteiger partial charge in [0.05, 0.1) is 11.9 Å². The average Bonchev–Trinajstić information content (AvgIpc) is 3.01. The van der Waals surface area contributed by atoms with E-state index < -0.39 is 0 Å². The quantitative estimate of drug-likeness (QED) is 0.638. The van der Waals surface area contributed by atoms with Gasteiger partial charge in [-0.05, 0) is 56.0 Å². The van der Waals surface area contributed by atoms with Crippen LogP contribution in [0, 0.1) is 12.7 Å². The Labute approximate surface area is 152 Å².